The Morgan fingerprint density at radius 1 is 1.53 bits per heavy atom. The van der Waals surface area contributed by atoms with E-state index in [1.165, 1.54) is 0 Å². The molecule has 1 unspecified atom stereocenters. The number of aryl methyl sites for hydroxylation is 1. The summed E-state index contributed by atoms with van der Waals surface area (Å²) in [6.07, 6.45) is 0. The molecule has 1 atom stereocenters. The average molecular weight is 206 g/mol. The van der Waals surface area contributed by atoms with Crippen molar-refractivity contribution in [1.82, 2.24) is 5.43 Å². The highest BCUT2D eigenvalue weighted by molar-refractivity contribution is 5.42. The largest absolute Gasteiger partial charge is 0.496 e. The van der Waals surface area contributed by atoms with Crippen molar-refractivity contribution in [3.05, 3.63) is 41.5 Å². The van der Waals surface area contributed by atoms with Crippen molar-refractivity contribution < 1.29 is 4.74 Å². The fourth-order valence-corrected chi connectivity index (χ4v) is 1.55. The fourth-order valence-electron chi connectivity index (χ4n) is 1.55. The van der Waals surface area contributed by atoms with Gasteiger partial charge in [0.25, 0.3) is 0 Å². The van der Waals surface area contributed by atoms with Gasteiger partial charge in [-0.15, -0.1) is 0 Å². The van der Waals surface area contributed by atoms with Gasteiger partial charge in [-0.1, -0.05) is 24.3 Å². The molecule has 3 nitrogen and oxygen atoms in total. The van der Waals surface area contributed by atoms with Gasteiger partial charge in [0.15, 0.2) is 0 Å². The van der Waals surface area contributed by atoms with E-state index in [0.29, 0.717) is 0 Å². The number of hydrogen-bond donors (Lipinski definition) is 2. The summed E-state index contributed by atoms with van der Waals surface area (Å²) in [5, 5.41) is 0. The van der Waals surface area contributed by atoms with E-state index >= 15 is 0 Å². The Kier molecular flexibility index (Phi) is 3.88. The number of nitrogens with one attached hydrogen (secondary N) is 1. The van der Waals surface area contributed by atoms with Gasteiger partial charge in [0, 0.05) is 5.56 Å². The van der Waals surface area contributed by atoms with Crippen LogP contribution < -0.4 is 16.0 Å². The summed E-state index contributed by atoms with van der Waals surface area (Å²) in [5.74, 6) is 6.34. The highest BCUT2D eigenvalue weighted by Crippen LogP contribution is 2.29. The molecule has 1 aromatic rings. The van der Waals surface area contributed by atoms with Crippen molar-refractivity contribution in [2.75, 3.05) is 7.11 Å². The zero-order valence-electron chi connectivity index (χ0n) is 9.50. The lowest BCUT2D eigenvalue weighted by Crippen LogP contribution is -2.28. The van der Waals surface area contributed by atoms with Crippen molar-refractivity contribution in [3.63, 3.8) is 0 Å². The minimum Gasteiger partial charge on any atom is -0.496 e. The summed E-state index contributed by atoms with van der Waals surface area (Å²) in [6, 6.07) is 5.96. The SMILES string of the molecule is C=C(C)C(NN)c1ccc(C)cc1OC. The van der Waals surface area contributed by atoms with E-state index in [9.17, 15) is 0 Å². The van der Waals surface area contributed by atoms with Crippen LogP contribution in [0.1, 0.15) is 24.1 Å². The van der Waals surface area contributed by atoms with E-state index in [-0.39, 0.29) is 6.04 Å². The van der Waals surface area contributed by atoms with Gasteiger partial charge >= 0.3 is 0 Å². The van der Waals surface area contributed by atoms with Gasteiger partial charge < -0.3 is 4.74 Å². The lowest BCUT2D eigenvalue weighted by atomic mass is 9.99. The highest BCUT2D eigenvalue weighted by Gasteiger charge is 2.14. The van der Waals surface area contributed by atoms with Crippen LogP contribution in [0.2, 0.25) is 0 Å². The van der Waals surface area contributed by atoms with Gasteiger partial charge in [0.2, 0.25) is 0 Å². The van der Waals surface area contributed by atoms with Crippen LogP contribution in [0.3, 0.4) is 0 Å². The highest BCUT2D eigenvalue weighted by atomic mass is 16.5. The number of methoxy groups -OCH3 is 1. The third-order valence-corrected chi connectivity index (χ3v) is 2.36. The topological polar surface area (TPSA) is 47.3 Å². The van der Waals surface area contributed by atoms with E-state index in [1.807, 2.05) is 32.0 Å². The number of hydrazine groups is 1. The molecule has 0 saturated carbocycles. The van der Waals surface area contributed by atoms with Crippen LogP contribution >= 0.6 is 0 Å². The van der Waals surface area contributed by atoms with E-state index < -0.39 is 0 Å². The van der Waals surface area contributed by atoms with Crippen LogP contribution in [0.25, 0.3) is 0 Å². The number of nitrogens with two attached hydrogens (primary N) is 1. The van der Waals surface area contributed by atoms with Crippen molar-refractivity contribution in [3.8, 4) is 5.75 Å². The second kappa shape index (κ2) is 4.96. The van der Waals surface area contributed by atoms with Crippen LogP contribution in [-0.2, 0) is 0 Å². The van der Waals surface area contributed by atoms with Gasteiger partial charge in [0.1, 0.15) is 5.75 Å². The average Bonchev–Trinajstić information content (AvgIpc) is 2.20. The third-order valence-electron chi connectivity index (χ3n) is 2.36. The zero-order valence-corrected chi connectivity index (χ0v) is 9.50. The van der Waals surface area contributed by atoms with Crippen molar-refractivity contribution in [2.24, 2.45) is 5.84 Å². The van der Waals surface area contributed by atoms with Crippen LogP contribution in [0.5, 0.6) is 5.75 Å². The van der Waals surface area contributed by atoms with Gasteiger partial charge in [-0.25, -0.2) is 5.43 Å². The Bertz CT molecular complexity index is 361. The van der Waals surface area contributed by atoms with E-state index in [1.54, 1.807) is 7.11 Å². The number of ether oxygens (including phenoxy) is 1. The number of rotatable bonds is 4. The molecule has 0 radical (unpaired) electrons. The number of benzene rings is 1. The van der Waals surface area contributed by atoms with Crippen molar-refractivity contribution in [1.29, 1.82) is 0 Å². The predicted molar refractivity (Wildman–Crippen MR) is 62.6 cm³/mol. The Morgan fingerprint density at radius 2 is 2.20 bits per heavy atom. The molecule has 0 fully saturated rings. The molecule has 0 heterocycles. The zero-order chi connectivity index (χ0) is 11.4. The minimum absolute atomic E-state index is 0.0689. The van der Waals surface area contributed by atoms with E-state index in [4.69, 9.17) is 10.6 Å². The molecular weight excluding hydrogens is 188 g/mol. The molecule has 1 aromatic carbocycles. The van der Waals surface area contributed by atoms with Gasteiger partial charge in [-0.05, 0) is 25.5 Å². The standard InChI is InChI=1S/C12H18N2O/c1-8(2)12(14-13)10-6-5-9(3)7-11(10)15-4/h5-7,12,14H,1,13H2,2-4H3. The summed E-state index contributed by atoms with van der Waals surface area (Å²) in [5.41, 5.74) is 5.86. The van der Waals surface area contributed by atoms with Gasteiger partial charge in [0.05, 0.1) is 13.2 Å². The molecule has 3 heteroatoms. The van der Waals surface area contributed by atoms with Crippen LogP contribution in [0.15, 0.2) is 30.4 Å². The molecule has 0 aromatic heterocycles. The maximum absolute atomic E-state index is 5.50. The third kappa shape index (κ3) is 2.58. The first-order chi connectivity index (χ1) is 7.10. The van der Waals surface area contributed by atoms with Crippen LogP contribution in [0.4, 0.5) is 0 Å². The molecule has 0 saturated heterocycles. The lowest BCUT2D eigenvalue weighted by Gasteiger charge is -2.19. The molecule has 0 aliphatic rings. The molecule has 1 rings (SSSR count). The smallest absolute Gasteiger partial charge is 0.124 e. The Morgan fingerprint density at radius 3 is 2.67 bits per heavy atom. The summed E-state index contributed by atoms with van der Waals surface area (Å²) in [4.78, 5) is 0. The lowest BCUT2D eigenvalue weighted by molar-refractivity contribution is 0.403. The Hall–Kier alpha value is -1.32. The van der Waals surface area contributed by atoms with E-state index in [2.05, 4.69) is 12.0 Å². The monoisotopic (exact) mass is 206 g/mol. The fraction of sp³-hybridized carbons (Fsp3) is 0.333. The first kappa shape index (κ1) is 11.8. The van der Waals surface area contributed by atoms with Crippen molar-refractivity contribution >= 4 is 0 Å². The summed E-state index contributed by atoms with van der Waals surface area (Å²) in [6.45, 7) is 7.86. The van der Waals surface area contributed by atoms with Crippen LogP contribution in [0, 0.1) is 6.92 Å². The number of hydrogen-bond acceptors (Lipinski definition) is 3. The molecule has 0 aliphatic heterocycles. The Balaban J connectivity index is 3.16. The molecule has 0 bridgehead atoms. The minimum atomic E-state index is -0.0689. The maximum Gasteiger partial charge on any atom is 0.124 e. The summed E-state index contributed by atoms with van der Waals surface area (Å²) in [7, 11) is 1.66. The van der Waals surface area contributed by atoms with Gasteiger partial charge in [-0.3, -0.25) is 5.84 Å². The second-order valence-electron chi connectivity index (χ2n) is 3.69. The second-order valence-corrected chi connectivity index (χ2v) is 3.69. The molecule has 3 N–H and O–H groups in total. The first-order valence-electron chi connectivity index (χ1n) is 4.86. The van der Waals surface area contributed by atoms with E-state index in [0.717, 1.165) is 22.4 Å². The molecule has 82 valence electrons. The molecular formula is C12H18N2O. The first-order valence-corrected chi connectivity index (χ1v) is 4.86. The van der Waals surface area contributed by atoms with Crippen LogP contribution in [-0.4, -0.2) is 7.11 Å². The quantitative estimate of drug-likeness (QED) is 0.450. The van der Waals surface area contributed by atoms with Crippen molar-refractivity contribution in [2.45, 2.75) is 19.9 Å². The molecule has 0 amide bonds. The molecule has 0 aliphatic carbocycles. The maximum atomic E-state index is 5.50. The summed E-state index contributed by atoms with van der Waals surface area (Å²) >= 11 is 0. The van der Waals surface area contributed by atoms with Gasteiger partial charge in [-0.2, -0.15) is 0 Å². The molecule has 0 spiro atoms. The Labute approximate surface area is 90.9 Å². The summed E-state index contributed by atoms with van der Waals surface area (Å²) < 4.78 is 5.32. The molecule has 15 heavy (non-hydrogen) atoms. The predicted octanol–water partition coefficient (Wildman–Crippen LogP) is 2.08. The normalized spacial score (nSPS) is 12.3.